The Morgan fingerprint density at radius 3 is 2.63 bits per heavy atom. The fourth-order valence-corrected chi connectivity index (χ4v) is 3.20. The smallest absolute Gasteiger partial charge is 0.369 e. The number of benzene rings is 1. The molecule has 0 N–H and O–H groups in total. The maximum absolute atomic E-state index is 13.4. The van der Waals surface area contributed by atoms with Gasteiger partial charge in [-0.15, -0.1) is 0 Å². The highest BCUT2D eigenvalue weighted by molar-refractivity contribution is 6.31. The number of pyridine rings is 1. The van der Waals surface area contributed by atoms with E-state index in [0.717, 1.165) is 21.9 Å². The lowest BCUT2D eigenvalue weighted by molar-refractivity contribution is -0.138. The average Bonchev–Trinajstić information content (AvgIpc) is 2.67. The summed E-state index contributed by atoms with van der Waals surface area (Å²) >= 11 is 5.75. The summed E-state index contributed by atoms with van der Waals surface area (Å²) in [4.78, 5) is 31.6. The van der Waals surface area contributed by atoms with Gasteiger partial charge in [-0.05, 0) is 37.3 Å². The summed E-state index contributed by atoms with van der Waals surface area (Å²) in [6.07, 6.45) is -4.65. The normalized spacial score (nSPS) is 17.2. The van der Waals surface area contributed by atoms with Gasteiger partial charge in [0.2, 0.25) is 0 Å². The summed E-state index contributed by atoms with van der Waals surface area (Å²) < 4.78 is 58.2. The highest BCUT2D eigenvalue weighted by Crippen LogP contribution is 2.33. The summed E-state index contributed by atoms with van der Waals surface area (Å²) in [5.74, 6) is -2.36. The number of halogens is 5. The molecule has 1 aliphatic rings. The Morgan fingerprint density at radius 1 is 1.30 bits per heavy atom. The first-order chi connectivity index (χ1) is 14.0. The standard InChI is InChI=1S/C19H16ClF4N3O3/c1-10-5-11(19(22,23)24)6-16(25-10)27-15(8-30-9-17(27)28)18(29)26(2)12-3-4-14(21)13(20)7-12/h3-7,15H,8-9H2,1-2H3/t15-/m0/s1. The van der Waals surface area contributed by atoms with Crippen LogP contribution in [0.1, 0.15) is 11.3 Å². The van der Waals surface area contributed by atoms with Gasteiger partial charge in [-0.3, -0.25) is 14.5 Å². The molecule has 0 spiro atoms. The zero-order valence-electron chi connectivity index (χ0n) is 15.8. The van der Waals surface area contributed by atoms with Crippen molar-refractivity contribution in [3.63, 3.8) is 0 Å². The number of anilines is 2. The number of rotatable bonds is 3. The van der Waals surface area contributed by atoms with Gasteiger partial charge in [0, 0.05) is 18.4 Å². The van der Waals surface area contributed by atoms with Crippen LogP contribution in [-0.4, -0.2) is 43.1 Å². The maximum Gasteiger partial charge on any atom is 0.416 e. The van der Waals surface area contributed by atoms with E-state index >= 15 is 0 Å². The van der Waals surface area contributed by atoms with Crippen molar-refractivity contribution in [2.24, 2.45) is 0 Å². The van der Waals surface area contributed by atoms with Crippen LogP contribution in [0.15, 0.2) is 30.3 Å². The predicted octanol–water partition coefficient (Wildman–Crippen LogP) is 3.60. The van der Waals surface area contributed by atoms with Crippen LogP contribution in [0, 0.1) is 12.7 Å². The summed E-state index contributed by atoms with van der Waals surface area (Å²) in [5, 5.41) is -0.213. The fourth-order valence-electron chi connectivity index (χ4n) is 3.03. The number of hydrogen-bond acceptors (Lipinski definition) is 4. The van der Waals surface area contributed by atoms with Gasteiger partial charge in [-0.25, -0.2) is 9.37 Å². The van der Waals surface area contributed by atoms with Gasteiger partial charge in [-0.2, -0.15) is 13.2 Å². The zero-order chi connectivity index (χ0) is 22.2. The first-order valence-electron chi connectivity index (χ1n) is 8.67. The minimum Gasteiger partial charge on any atom is -0.369 e. The van der Waals surface area contributed by atoms with E-state index in [2.05, 4.69) is 4.98 Å². The predicted molar refractivity (Wildman–Crippen MR) is 101 cm³/mol. The Hall–Kier alpha value is -2.72. The molecule has 1 aromatic heterocycles. The van der Waals surface area contributed by atoms with Crippen molar-refractivity contribution in [2.45, 2.75) is 19.1 Å². The van der Waals surface area contributed by atoms with Crippen LogP contribution in [0.25, 0.3) is 0 Å². The molecule has 1 fully saturated rings. The Bertz CT molecular complexity index is 999. The molecule has 1 aliphatic heterocycles. The van der Waals surface area contributed by atoms with Crippen LogP contribution < -0.4 is 9.80 Å². The molecular formula is C19H16ClF4N3O3. The van der Waals surface area contributed by atoms with Crippen molar-refractivity contribution in [3.05, 3.63) is 52.4 Å². The first-order valence-corrected chi connectivity index (χ1v) is 9.05. The molecule has 160 valence electrons. The number of alkyl halides is 3. The van der Waals surface area contributed by atoms with E-state index in [4.69, 9.17) is 16.3 Å². The molecule has 1 atom stereocenters. The van der Waals surface area contributed by atoms with Gasteiger partial charge in [0.05, 0.1) is 17.2 Å². The number of aryl methyl sites for hydroxylation is 1. The van der Waals surface area contributed by atoms with Crippen LogP contribution in [0.2, 0.25) is 5.02 Å². The number of likely N-dealkylation sites (N-methyl/N-ethyl adjacent to an activating group) is 1. The van der Waals surface area contributed by atoms with E-state index in [0.29, 0.717) is 6.07 Å². The van der Waals surface area contributed by atoms with Crippen molar-refractivity contribution in [2.75, 3.05) is 30.1 Å². The average molecular weight is 446 g/mol. The number of nitrogens with zero attached hydrogens (tertiary/aromatic N) is 3. The highest BCUT2D eigenvalue weighted by atomic mass is 35.5. The van der Waals surface area contributed by atoms with Crippen LogP contribution >= 0.6 is 11.6 Å². The number of amides is 2. The van der Waals surface area contributed by atoms with E-state index in [-0.39, 0.29) is 28.8 Å². The number of morpholine rings is 1. The maximum atomic E-state index is 13.4. The van der Waals surface area contributed by atoms with E-state index in [1.165, 1.54) is 26.1 Å². The second-order valence-electron chi connectivity index (χ2n) is 6.64. The number of hydrogen-bond donors (Lipinski definition) is 0. The van der Waals surface area contributed by atoms with Crippen LogP contribution in [0.4, 0.5) is 29.1 Å². The quantitative estimate of drug-likeness (QED) is 0.677. The monoisotopic (exact) mass is 445 g/mol. The third kappa shape index (κ3) is 4.39. The molecule has 0 bridgehead atoms. The fraction of sp³-hybridized carbons (Fsp3) is 0.316. The third-order valence-electron chi connectivity index (χ3n) is 4.50. The third-order valence-corrected chi connectivity index (χ3v) is 4.79. The molecule has 3 rings (SSSR count). The van der Waals surface area contributed by atoms with Gasteiger partial charge in [0.15, 0.2) is 0 Å². The van der Waals surface area contributed by atoms with E-state index < -0.39 is 42.0 Å². The molecular weight excluding hydrogens is 430 g/mol. The van der Waals surface area contributed by atoms with Crippen molar-refractivity contribution in [1.29, 1.82) is 0 Å². The zero-order valence-corrected chi connectivity index (χ0v) is 16.6. The van der Waals surface area contributed by atoms with Crippen molar-refractivity contribution in [1.82, 2.24) is 4.98 Å². The topological polar surface area (TPSA) is 62.7 Å². The van der Waals surface area contributed by atoms with Crippen LogP contribution in [0.5, 0.6) is 0 Å². The Balaban J connectivity index is 1.99. The van der Waals surface area contributed by atoms with Gasteiger partial charge in [0.25, 0.3) is 11.8 Å². The Labute approximate surface area is 174 Å². The molecule has 6 nitrogen and oxygen atoms in total. The minimum absolute atomic E-state index is 0.0315. The molecule has 0 aliphatic carbocycles. The lowest BCUT2D eigenvalue weighted by atomic mass is 10.1. The lowest BCUT2D eigenvalue weighted by Crippen LogP contribution is -2.57. The lowest BCUT2D eigenvalue weighted by Gasteiger charge is -2.36. The van der Waals surface area contributed by atoms with Crippen molar-refractivity contribution < 1.29 is 31.9 Å². The van der Waals surface area contributed by atoms with Crippen LogP contribution in [0.3, 0.4) is 0 Å². The van der Waals surface area contributed by atoms with E-state index in [1.807, 2.05) is 0 Å². The molecule has 30 heavy (non-hydrogen) atoms. The van der Waals surface area contributed by atoms with Gasteiger partial charge in [0.1, 0.15) is 24.3 Å². The second-order valence-corrected chi connectivity index (χ2v) is 7.05. The van der Waals surface area contributed by atoms with Crippen molar-refractivity contribution in [3.8, 4) is 0 Å². The molecule has 1 aromatic carbocycles. The minimum atomic E-state index is -4.65. The number of aromatic nitrogens is 1. The number of carbonyl (C=O) groups is 2. The van der Waals surface area contributed by atoms with E-state index in [1.54, 1.807) is 0 Å². The van der Waals surface area contributed by atoms with E-state index in [9.17, 15) is 27.2 Å². The summed E-state index contributed by atoms with van der Waals surface area (Å²) in [6, 6.07) is 3.89. The Kier molecular flexibility index (Phi) is 6.00. The SMILES string of the molecule is Cc1cc(C(F)(F)F)cc(N2C(=O)COC[C@H]2C(=O)N(C)c2ccc(F)c(Cl)c2)n1. The second kappa shape index (κ2) is 8.19. The van der Waals surface area contributed by atoms with Gasteiger partial charge in [-0.1, -0.05) is 11.6 Å². The number of carbonyl (C=O) groups excluding carboxylic acids is 2. The molecule has 11 heteroatoms. The molecule has 2 amide bonds. The summed E-state index contributed by atoms with van der Waals surface area (Å²) in [7, 11) is 1.37. The largest absolute Gasteiger partial charge is 0.416 e. The molecule has 2 heterocycles. The first kappa shape index (κ1) is 22.0. The molecule has 0 saturated carbocycles. The summed E-state index contributed by atoms with van der Waals surface area (Å²) in [6.45, 7) is 0.695. The summed E-state index contributed by atoms with van der Waals surface area (Å²) in [5.41, 5.74) is -0.726. The van der Waals surface area contributed by atoms with Gasteiger partial charge >= 0.3 is 6.18 Å². The van der Waals surface area contributed by atoms with Crippen LogP contribution in [-0.2, 0) is 20.5 Å². The number of ether oxygens (including phenoxy) is 1. The highest BCUT2D eigenvalue weighted by Gasteiger charge is 2.39. The molecule has 1 saturated heterocycles. The van der Waals surface area contributed by atoms with Gasteiger partial charge < -0.3 is 9.64 Å². The molecule has 2 aromatic rings. The molecule has 0 unspecified atom stereocenters. The van der Waals surface area contributed by atoms with Crippen molar-refractivity contribution >= 4 is 34.9 Å². The molecule has 0 radical (unpaired) electrons. The Morgan fingerprint density at radius 2 is 2.00 bits per heavy atom.